The Morgan fingerprint density at radius 2 is 1.71 bits per heavy atom. The van der Waals surface area contributed by atoms with Crippen LogP contribution in [-0.4, -0.2) is 33.9 Å². The van der Waals surface area contributed by atoms with E-state index in [-0.39, 0.29) is 23.0 Å². The van der Waals surface area contributed by atoms with Gasteiger partial charge in [0.05, 0.1) is 16.4 Å². The topological polar surface area (TPSA) is 119 Å². The normalized spacial score (nSPS) is 11.9. The Morgan fingerprint density at radius 1 is 1.07 bits per heavy atom. The summed E-state index contributed by atoms with van der Waals surface area (Å²) >= 11 is 0. The van der Waals surface area contributed by atoms with Gasteiger partial charge < -0.3 is 4.42 Å². The molecule has 0 amide bonds. The van der Waals surface area contributed by atoms with Gasteiger partial charge in [-0.25, -0.2) is 8.42 Å². The van der Waals surface area contributed by atoms with Gasteiger partial charge in [-0.15, -0.1) is 10.2 Å². The van der Waals surface area contributed by atoms with Crippen LogP contribution in [0.15, 0.2) is 63.9 Å². The SMILES string of the molecule is CC(C)N(Cc1nnc(-c2ccccc2)o1)S(=O)(=O)c1ccc([N+](=O)[O-])cc1. The average Bonchev–Trinajstić information content (AvgIpc) is 3.15. The number of benzene rings is 2. The average molecular weight is 402 g/mol. The quantitative estimate of drug-likeness (QED) is 0.439. The smallest absolute Gasteiger partial charge is 0.269 e. The maximum Gasteiger partial charge on any atom is 0.269 e. The van der Waals surface area contributed by atoms with E-state index < -0.39 is 21.0 Å². The summed E-state index contributed by atoms with van der Waals surface area (Å²) in [5.41, 5.74) is 0.551. The first-order chi connectivity index (χ1) is 13.3. The molecule has 0 unspecified atom stereocenters. The second kappa shape index (κ2) is 7.87. The van der Waals surface area contributed by atoms with Crippen LogP contribution in [0.2, 0.25) is 0 Å². The van der Waals surface area contributed by atoms with Crippen LogP contribution >= 0.6 is 0 Å². The van der Waals surface area contributed by atoms with Crippen LogP contribution in [0.3, 0.4) is 0 Å². The molecule has 0 spiro atoms. The van der Waals surface area contributed by atoms with Crippen LogP contribution in [0.1, 0.15) is 19.7 Å². The highest BCUT2D eigenvalue weighted by atomic mass is 32.2. The van der Waals surface area contributed by atoms with Crippen LogP contribution in [0.4, 0.5) is 5.69 Å². The highest BCUT2D eigenvalue weighted by Crippen LogP contribution is 2.24. The molecule has 0 aliphatic carbocycles. The van der Waals surface area contributed by atoms with Gasteiger partial charge in [-0.05, 0) is 38.1 Å². The maximum absolute atomic E-state index is 13.0. The van der Waals surface area contributed by atoms with Crippen LogP contribution in [0, 0.1) is 10.1 Å². The Balaban J connectivity index is 1.87. The third kappa shape index (κ3) is 4.07. The Hall–Kier alpha value is -3.11. The third-order valence-corrected chi connectivity index (χ3v) is 6.04. The number of hydrogen-bond acceptors (Lipinski definition) is 7. The molecule has 2 aromatic carbocycles. The summed E-state index contributed by atoms with van der Waals surface area (Å²) in [4.78, 5) is 10.2. The molecule has 0 N–H and O–H groups in total. The van der Waals surface area contributed by atoms with E-state index in [0.29, 0.717) is 5.89 Å². The molecule has 1 heterocycles. The molecule has 146 valence electrons. The molecule has 0 bridgehead atoms. The molecule has 3 aromatic rings. The van der Waals surface area contributed by atoms with E-state index in [2.05, 4.69) is 10.2 Å². The van der Waals surface area contributed by atoms with E-state index in [1.54, 1.807) is 13.8 Å². The van der Waals surface area contributed by atoms with Crippen molar-refractivity contribution in [3.8, 4) is 11.5 Å². The molecule has 1 aromatic heterocycles. The van der Waals surface area contributed by atoms with Crippen molar-refractivity contribution >= 4 is 15.7 Å². The zero-order valence-electron chi connectivity index (χ0n) is 15.2. The fraction of sp³-hybridized carbons (Fsp3) is 0.222. The molecule has 0 atom stereocenters. The van der Waals surface area contributed by atoms with Gasteiger partial charge in [0.2, 0.25) is 21.8 Å². The number of sulfonamides is 1. The van der Waals surface area contributed by atoms with Crippen LogP contribution in [0.5, 0.6) is 0 Å². The van der Waals surface area contributed by atoms with Crippen molar-refractivity contribution in [1.29, 1.82) is 0 Å². The minimum absolute atomic E-state index is 0.0467. The Kier molecular flexibility index (Phi) is 5.52. The van der Waals surface area contributed by atoms with E-state index in [1.165, 1.54) is 16.4 Å². The molecule has 10 heteroatoms. The second-order valence-electron chi connectivity index (χ2n) is 6.26. The van der Waals surface area contributed by atoms with Crippen molar-refractivity contribution in [2.45, 2.75) is 31.3 Å². The van der Waals surface area contributed by atoms with E-state index in [1.807, 2.05) is 30.3 Å². The van der Waals surface area contributed by atoms with E-state index in [0.717, 1.165) is 17.7 Å². The van der Waals surface area contributed by atoms with Crippen molar-refractivity contribution in [2.24, 2.45) is 0 Å². The summed E-state index contributed by atoms with van der Waals surface area (Å²) in [5, 5.41) is 18.7. The number of nitro groups is 1. The minimum Gasteiger partial charge on any atom is -0.419 e. The fourth-order valence-electron chi connectivity index (χ4n) is 2.57. The molecule has 0 saturated heterocycles. The van der Waals surface area contributed by atoms with Gasteiger partial charge in [0.25, 0.3) is 5.69 Å². The molecule has 0 aliphatic heterocycles. The van der Waals surface area contributed by atoms with Crippen molar-refractivity contribution in [2.75, 3.05) is 0 Å². The lowest BCUT2D eigenvalue weighted by Crippen LogP contribution is -2.36. The van der Waals surface area contributed by atoms with Gasteiger partial charge in [0, 0.05) is 23.7 Å². The van der Waals surface area contributed by atoms with Gasteiger partial charge in [-0.1, -0.05) is 18.2 Å². The number of aromatic nitrogens is 2. The van der Waals surface area contributed by atoms with Gasteiger partial charge >= 0.3 is 0 Å². The highest BCUT2D eigenvalue weighted by molar-refractivity contribution is 7.89. The zero-order chi connectivity index (χ0) is 20.3. The lowest BCUT2D eigenvalue weighted by Gasteiger charge is -2.24. The standard InChI is InChI=1S/C18H18N4O5S/c1-13(2)21(28(25,26)16-10-8-15(9-11-16)22(23)24)12-17-19-20-18(27-17)14-6-4-3-5-7-14/h3-11,13H,12H2,1-2H3. The summed E-state index contributed by atoms with van der Waals surface area (Å²) < 4.78 is 32.8. The fourth-order valence-corrected chi connectivity index (χ4v) is 4.15. The van der Waals surface area contributed by atoms with Crippen molar-refractivity contribution in [3.05, 3.63) is 70.6 Å². The van der Waals surface area contributed by atoms with E-state index >= 15 is 0 Å². The predicted molar refractivity (Wildman–Crippen MR) is 101 cm³/mol. The van der Waals surface area contributed by atoms with Crippen molar-refractivity contribution in [3.63, 3.8) is 0 Å². The van der Waals surface area contributed by atoms with Gasteiger partial charge in [-0.2, -0.15) is 4.31 Å². The zero-order valence-corrected chi connectivity index (χ0v) is 16.0. The summed E-state index contributed by atoms with van der Waals surface area (Å²) in [6, 6.07) is 13.5. The lowest BCUT2D eigenvalue weighted by atomic mass is 10.2. The minimum atomic E-state index is -3.91. The summed E-state index contributed by atoms with van der Waals surface area (Å²) in [6.07, 6.45) is 0. The predicted octanol–water partition coefficient (Wildman–Crippen LogP) is 3.24. The summed E-state index contributed by atoms with van der Waals surface area (Å²) in [6.45, 7) is 3.33. The van der Waals surface area contributed by atoms with Gasteiger partial charge in [-0.3, -0.25) is 10.1 Å². The van der Waals surface area contributed by atoms with E-state index in [9.17, 15) is 18.5 Å². The number of non-ortho nitro benzene ring substituents is 1. The van der Waals surface area contributed by atoms with Crippen molar-refractivity contribution < 1.29 is 17.8 Å². The maximum atomic E-state index is 13.0. The molecule has 0 radical (unpaired) electrons. The Morgan fingerprint density at radius 3 is 2.29 bits per heavy atom. The first-order valence-corrected chi connectivity index (χ1v) is 9.87. The first kappa shape index (κ1) is 19.6. The van der Waals surface area contributed by atoms with Gasteiger partial charge in [0.15, 0.2) is 0 Å². The van der Waals surface area contributed by atoms with Crippen molar-refractivity contribution in [1.82, 2.24) is 14.5 Å². The number of nitrogens with zero attached hydrogens (tertiary/aromatic N) is 4. The van der Waals surface area contributed by atoms with Crippen LogP contribution < -0.4 is 0 Å². The first-order valence-electron chi connectivity index (χ1n) is 8.43. The van der Waals surface area contributed by atoms with Crippen LogP contribution in [-0.2, 0) is 16.6 Å². The molecule has 3 rings (SSSR count). The molecular formula is C18H18N4O5S. The summed E-state index contributed by atoms with van der Waals surface area (Å²) in [7, 11) is -3.91. The lowest BCUT2D eigenvalue weighted by molar-refractivity contribution is -0.384. The molecule has 28 heavy (non-hydrogen) atoms. The monoisotopic (exact) mass is 402 g/mol. The Labute approximate surface area is 161 Å². The molecule has 0 saturated carbocycles. The van der Waals surface area contributed by atoms with Crippen LogP contribution in [0.25, 0.3) is 11.5 Å². The third-order valence-electron chi connectivity index (χ3n) is 4.01. The second-order valence-corrected chi connectivity index (χ2v) is 8.15. The molecule has 0 fully saturated rings. The summed E-state index contributed by atoms with van der Waals surface area (Å²) in [5.74, 6) is 0.449. The highest BCUT2D eigenvalue weighted by Gasteiger charge is 2.29. The number of hydrogen-bond donors (Lipinski definition) is 0. The largest absolute Gasteiger partial charge is 0.419 e. The molecular weight excluding hydrogens is 384 g/mol. The van der Waals surface area contributed by atoms with E-state index in [4.69, 9.17) is 4.42 Å². The molecule has 9 nitrogen and oxygen atoms in total. The number of nitro benzene ring substituents is 1. The van der Waals surface area contributed by atoms with Gasteiger partial charge in [0.1, 0.15) is 0 Å². The Bertz CT molecular complexity index is 1060. The molecule has 0 aliphatic rings. The number of rotatable bonds is 7.